The van der Waals surface area contributed by atoms with E-state index in [9.17, 15) is 4.79 Å². The maximum atomic E-state index is 11.0. The molecule has 1 atom stereocenters. The Morgan fingerprint density at radius 3 is 2.37 bits per heavy atom. The maximum Gasteiger partial charge on any atom is 0.307 e. The third kappa shape index (κ3) is 5.43. The number of carbonyl (C=O) groups is 1. The smallest absolute Gasteiger partial charge is 0.307 e. The van der Waals surface area contributed by atoms with E-state index in [0.29, 0.717) is 12.5 Å². The molecule has 1 aromatic rings. The Hall–Kier alpha value is -1.35. The highest BCUT2D eigenvalue weighted by molar-refractivity contribution is 5.69. The van der Waals surface area contributed by atoms with Gasteiger partial charge in [0.2, 0.25) is 0 Å². The molecule has 0 fully saturated rings. The van der Waals surface area contributed by atoms with E-state index >= 15 is 0 Å². The molecule has 1 unspecified atom stereocenters. The zero-order valence-electron chi connectivity index (χ0n) is 12.4. The predicted octanol–water partition coefficient (Wildman–Crippen LogP) is 3.17. The van der Waals surface area contributed by atoms with Crippen LogP contribution in [0.25, 0.3) is 0 Å². The van der Waals surface area contributed by atoms with E-state index in [1.165, 1.54) is 11.1 Å². The van der Waals surface area contributed by atoms with Crippen molar-refractivity contribution in [3.05, 3.63) is 35.4 Å². The van der Waals surface area contributed by atoms with Gasteiger partial charge in [0.1, 0.15) is 0 Å². The summed E-state index contributed by atoms with van der Waals surface area (Å²) in [5.41, 5.74) is 2.54. The van der Waals surface area contributed by atoms with Crippen LogP contribution in [0.2, 0.25) is 0 Å². The van der Waals surface area contributed by atoms with Crippen molar-refractivity contribution in [2.45, 2.75) is 34.2 Å². The average Bonchev–Trinajstić information content (AvgIpc) is 2.31. The minimum absolute atomic E-state index is 0.331. The first-order valence-electron chi connectivity index (χ1n) is 6.89. The van der Waals surface area contributed by atoms with Crippen molar-refractivity contribution < 1.29 is 9.90 Å². The number of aliphatic carboxylic acids is 1. The van der Waals surface area contributed by atoms with Crippen LogP contribution in [0.3, 0.4) is 0 Å². The number of benzene rings is 1. The molecular formula is C16H25NO2. The minimum Gasteiger partial charge on any atom is -0.481 e. The number of hydrogen-bond donors (Lipinski definition) is 1. The first-order valence-corrected chi connectivity index (χ1v) is 6.89. The number of carboxylic acids is 1. The third-order valence-corrected chi connectivity index (χ3v) is 3.23. The van der Waals surface area contributed by atoms with Crippen LogP contribution in [0.5, 0.6) is 0 Å². The van der Waals surface area contributed by atoms with Gasteiger partial charge in [0.05, 0.1) is 5.92 Å². The normalized spacial score (nSPS) is 12.9. The fourth-order valence-corrected chi connectivity index (χ4v) is 2.21. The van der Waals surface area contributed by atoms with E-state index in [1.54, 1.807) is 6.92 Å². The van der Waals surface area contributed by atoms with Crippen molar-refractivity contribution in [2.75, 3.05) is 13.1 Å². The lowest BCUT2D eigenvalue weighted by Crippen LogP contribution is -2.34. The third-order valence-electron chi connectivity index (χ3n) is 3.23. The number of hydrogen-bond acceptors (Lipinski definition) is 2. The van der Waals surface area contributed by atoms with Gasteiger partial charge in [-0.25, -0.2) is 0 Å². The van der Waals surface area contributed by atoms with E-state index in [0.717, 1.165) is 13.1 Å². The van der Waals surface area contributed by atoms with Gasteiger partial charge >= 0.3 is 5.97 Å². The van der Waals surface area contributed by atoms with Gasteiger partial charge in [-0.3, -0.25) is 9.69 Å². The lowest BCUT2D eigenvalue weighted by atomic mass is 10.1. The van der Waals surface area contributed by atoms with Gasteiger partial charge in [-0.2, -0.15) is 0 Å². The topological polar surface area (TPSA) is 40.5 Å². The average molecular weight is 263 g/mol. The molecule has 0 spiro atoms. The Balaban J connectivity index is 2.74. The molecule has 0 saturated heterocycles. The molecule has 0 aliphatic rings. The summed E-state index contributed by atoms with van der Waals surface area (Å²) in [6.07, 6.45) is 0. The maximum absolute atomic E-state index is 11.0. The highest BCUT2D eigenvalue weighted by Gasteiger charge is 2.17. The zero-order valence-corrected chi connectivity index (χ0v) is 12.4. The van der Waals surface area contributed by atoms with Crippen LogP contribution in [0, 0.1) is 18.8 Å². The molecule has 0 aliphatic heterocycles. The van der Waals surface area contributed by atoms with E-state index in [-0.39, 0.29) is 5.92 Å². The highest BCUT2D eigenvalue weighted by atomic mass is 16.4. The summed E-state index contributed by atoms with van der Waals surface area (Å²) in [6.45, 7) is 10.5. The van der Waals surface area contributed by atoms with Crippen LogP contribution >= 0.6 is 0 Å². The number of aryl methyl sites for hydroxylation is 1. The summed E-state index contributed by atoms with van der Waals surface area (Å²) >= 11 is 0. The second-order valence-electron chi connectivity index (χ2n) is 5.75. The Kier molecular flexibility index (Phi) is 6.03. The van der Waals surface area contributed by atoms with Gasteiger partial charge in [-0.05, 0) is 24.0 Å². The number of rotatable bonds is 7. The van der Waals surface area contributed by atoms with Crippen molar-refractivity contribution in [1.29, 1.82) is 0 Å². The van der Waals surface area contributed by atoms with Crippen LogP contribution in [-0.4, -0.2) is 29.1 Å². The molecule has 19 heavy (non-hydrogen) atoms. The second-order valence-corrected chi connectivity index (χ2v) is 5.75. The molecule has 0 saturated carbocycles. The van der Waals surface area contributed by atoms with Crippen LogP contribution in [-0.2, 0) is 11.3 Å². The monoisotopic (exact) mass is 263 g/mol. The van der Waals surface area contributed by atoms with Crippen LogP contribution in [0.4, 0.5) is 0 Å². The molecule has 1 N–H and O–H groups in total. The standard InChI is InChI=1S/C16H25NO2/c1-12(2)9-17(10-14(4)16(18)19)11-15-8-6-5-7-13(15)3/h5-8,12,14H,9-11H2,1-4H3,(H,18,19). The summed E-state index contributed by atoms with van der Waals surface area (Å²) in [5.74, 6) is -0.522. The van der Waals surface area contributed by atoms with Crippen LogP contribution < -0.4 is 0 Å². The summed E-state index contributed by atoms with van der Waals surface area (Å²) in [7, 11) is 0. The number of nitrogens with zero attached hydrogens (tertiary/aromatic N) is 1. The van der Waals surface area contributed by atoms with Gasteiger partial charge in [0.15, 0.2) is 0 Å². The van der Waals surface area contributed by atoms with E-state index < -0.39 is 5.97 Å². The van der Waals surface area contributed by atoms with Crippen molar-refractivity contribution in [2.24, 2.45) is 11.8 Å². The van der Waals surface area contributed by atoms with E-state index in [1.807, 2.05) is 12.1 Å². The number of carboxylic acid groups (broad SMARTS) is 1. The summed E-state index contributed by atoms with van der Waals surface area (Å²) in [5, 5.41) is 9.06. The molecule has 1 aromatic carbocycles. The molecule has 0 aromatic heterocycles. The highest BCUT2D eigenvalue weighted by Crippen LogP contribution is 2.13. The van der Waals surface area contributed by atoms with Gasteiger partial charge in [0, 0.05) is 19.6 Å². The lowest BCUT2D eigenvalue weighted by Gasteiger charge is -2.26. The minimum atomic E-state index is -0.724. The SMILES string of the molecule is Cc1ccccc1CN(CC(C)C)CC(C)C(=O)O. The van der Waals surface area contributed by atoms with Crippen molar-refractivity contribution in [3.8, 4) is 0 Å². The largest absolute Gasteiger partial charge is 0.481 e. The lowest BCUT2D eigenvalue weighted by molar-refractivity contribution is -0.141. The molecule has 3 heteroatoms. The fourth-order valence-electron chi connectivity index (χ4n) is 2.21. The Bertz CT molecular complexity index is 415. The van der Waals surface area contributed by atoms with Crippen LogP contribution in [0.15, 0.2) is 24.3 Å². The Morgan fingerprint density at radius 2 is 1.84 bits per heavy atom. The molecule has 0 amide bonds. The van der Waals surface area contributed by atoms with Gasteiger partial charge in [0.25, 0.3) is 0 Å². The van der Waals surface area contributed by atoms with Crippen LogP contribution in [0.1, 0.15) is 31.9 Å². The molecular weight excluding hydrogens is 238 g/mol. The quantitative estimate of drug-likeness (QED) is 0.821. The zero-order chi connectivity index (χ0) is 14.4. The van der Waals surface area contributed by atoms with Crippen molar-refractivity contribution in [3.63, 3.8) is 0 Å². The van der Waals surface area contributed by atoms with Crippen molar-refractivity contribution in [1.82, 2.24) is 4.90 Å². The summed E-state index contributed by atoms with van der Waals surface area (Å²) in [4.78, 5) is 13.3. The predicted molar refractivity (Wildman–Crippen MR) is 78.1 cm³/mol. The Morgan fingerprint density at radius 1 is 1.21 bits per heavy atom. The first kappa shape index (κ1) is 15.7. The molecule has 0 heterocycles. The molecule has 0 bridgehead atoms. The fraction of sp³-hybridized carbons (Fsp3) is 0.562. The molecule has 0 aliphatic carbocycles. The molecule has 1 rings (SSSR count). The summed E-state index contributed by atoms with van der Waals surface area (Å²) in [6, 6.07) is 8.29. The molecule has 0 radical (unpaired) electrons. The van der Waals surface area contributed by atoms with E-state index in [2.05, 4.69) is 37.8 Å². The first-order chi connectivity index (χ1) is 8.90. The van der Waals surface area contributed by atoms with Gasteiger partial charge < -0.3 is 5.11 Å². The Labute approximate surface area is 116 Å². The van der Waals surface area contributed by atoms with Crippen molar-refractivity contribution >= 4 is 5.97 Å². The molecule has 106 valence electrons. The summed E-state index contributed by atoms with van der Waals surface area (Å²) < 4.78 is 0. The second kappa shape index (κ2) is 7.29. The van der Waals surface area contributed by atoms with Gasteiger partial charge in [-0.15, -0.1) is 0 Å². The van der Waals surface area contributed by atoms with E-state index in [4.69, 9.17) is 5.11 Å². The molecule has 3 nitrogen and oxygen atoms in total. The van der Waals surface area contributed by atoms with Gasteiger partial charge in [-0.1, -0.05) is 45.0 Å².